The molecule has 0 spiro atoms. The summed E-state index contributed by atoms with van der Waals surface area (Å²) in [5, 5.41) is 8.88. The van der Waals surface area contributed by atoms with Crippen LogP contribution in [0.25, 0.3) is 5.57 Å². The van der Waals surface area contributed by atoms with Gasteiger partial charge in [-0.2, -0.15) is 18.4 Å². The molecule has 1 aromatic carbocycles. The van der Waals surface area contributed by atoms with Gasteiger partial charge in [0.1, 0.15) is 0 Å². The first-order valence-electron chi connectivity index (χ1n) is 4.84. The lowest BCUT2D eigenvalue weighted by atomic mass is 10.0. The van der Waals surface area contributed by atoms with E-state index in [4.69, 9.17) is 16.9 Å². The molecule has 0 bridgehead atoms. The standard InChI is InChI=1S/C12H9ClF3N/c13-11-5-3-9(4-6-11)10(2-1-7-17)8-12(14,15)16/h3-6,8H,1-2H2/b10-8-. The maximum atomic E-state index is 12.3. The molecule has 0 aliphatic carbocycles. The minimum atomic E-state index is -4.38. The van der Waals surface area contributed by atoms with Crippen molar-refractivity contribution in [3.05, 3.63) is 40.9 Å². The Morgan fingerprint density at radius 2 is 1.88 bits per heavy atom. The summed E-state index contributed by atoms with van der Waals surface area (Å²) >= 11 is 5.66. The molecule has 0 radical (unpaired) electrons. The van der Waals surface area contributed by atoms with Crippen LogP contribution in [0.3, 0.4) is 0 Å². The fourth-order valence-electron chi connectivity index (χ4n) is 1.35. The molecule has 0 amide bonds. The monoisotopic (exact) mass is 259 g/mol. The summed E-state index contributed by atoms with van der Waals surface area (Å²) in [4.78, 5) is 0. The van der Waals surface area contributed by atoms with E-state index in [1.54, 1.807) is 0 Å². The smallest absolute Gasteiger partial charge is 0.198 e. The van der Waals surface area contributed by atoms with E-state index in [0.717, 1.165) is 0 Å². The van der Waals surface area contributed by atoms with Gasteiger partial charge < -0.3 is 0 Å². The third kappa shape index (κ3) is 4.92. The van der Waals surface area contributed by atoms with E-state index in [-0.39, 0.29) is 24.5 Å². The van der Waals surface area contributed by atoms with Gasteiger partial charge in [0.25, 0.3) is 0 Å². The highest BCUT2D eigenvalue weighted by molar-refractivity contribution is 6.30. The number of halogens is 4. The molecule has 17 heavy (non-hydrogen) atoms. The van der Waals surface area contributed by atoms with Gasteiger partial charge in [-0.05, 0) is 29.7 Å². The number of hydrogen-bond donors (Lipinski definition) is 0. The zero-order valence-electron chi connectivity index (χ0n) is 8.76. The Kier molecular flexibility index (Phi) is 4.59. The molecule has 0 saturated carbocycles. The SMILES string of the molecule is N#CCC/C(=C/C(F)(F)F)c1ccc(Cl)cc1. The lowest BCUT2D eigenvalue weighted by molar-refractivity contribution is -0.0794. The quantitative estimate of drug-likeness (QED) is 0.779. The summed E-state index contributed by atoms with van der Waals surface area (Å²) in [6.45, 7) is 0. The first kappa shape index (κ1) is 13.6. The molecule has 0 fully saturated rings. The Morgan fingerprint density at radius 1 is 1.29 bits per heavy atom. The van der Waals surface area contributed by atoms with E-state index in [1.165, 1.54) is 24.3 Å². The van der Waals surface area contributed by atoms with Crippen molar-refractivity contribution >= 4 is 17.2 Å². The van der Waals surface area contributed by atoms with Crippen molar-refractivity contribution in [1.29, 1.82) is 5.26 Å². The molecule has 5 heteroatoms. The van der Waals surface area contributed by atoms with E-state index in [1.807, 2.05) is 6.07 Å². The average Bonchev–Trinajstić information content (AvgIpc) is 2.24. The fraction of sp³-hybridized carbons (Fsp3) is 0.250. The molecule has 0 unspecified atom stereocenters. The molecular weight excluding hydrogens is 251 g/mol. The predicted octanol–water partition coefficient (Wildman–Crippen LogP) is 4.59. The van der Waals surface area contributed by atoms with Gasteiger partial charge in [-0.1, -0.05) is 23.7 Å². The number of benzene rings is 1. The first-order valence-corrected chi connectivity index (χ1v) is 5.21. The van der Waals surface area contributed by atoms with Crippen LogP contribution in [0.4, 0.5) is 13.2 Å². The summed E-state index contributed by atoms with van der Waals surface area (Å²) < 4.78 is 36.9. The van der Waals surface area contributed by atoms with Crippen LogP contribution in [0.1, 0.15) is 18.4 Å². The molecule has 0 aromatic heterocycles. The van der Waals surface area contributed by atoms with Crippen LogP contribution in [-0.2, 0) is 0 Å². The second-order valence-electron chi connectivity index (χ2n) is 3.38. The number of nitrogens with zero attached hydrogens (tertiary/aromatic N) is 1. The van der Waals surface area contributed by atoms with E-state index >= 15 is 0 Å². The molecule has 0 heterocycles. The van der Waals surface area contributed by atoms with Gasteiger partial charge in [0.05, 0.1) is 6.07 Å². The molecule has 0 aliphatic rings. The van der Waals surface area contributed by atoms with Gasteiger partial charge in [-0.15, -0.1) is 0 Å². The number of nitriles is 1. The number of allylic oxidation sites excluding steroid dienone is 2. The lowest BCUT2D eigenvalue weighted by Gasteiger charge is -2.08. The zero-order chi connectivity index (χ0) is 12.9. The van der Waals surface area contributed by atoms with Gasteiger partial charge >= 0.3 is 6.18 Å². The molecular formula is C12H9ClF3N. The normalized spacial score (nSPS) is 12.3. The Bertz CT molecular complexity index is 440. The Hall–Kier alpha value is -1.47. The van der Waals surface area contributed by atoms with Crippen LogP contribution in [-0.4, -0.2) is 6.18 Å². The second-order valence-corrected chi connectivity index (χ2v) is 3.81. The molecule has 1 aromatic rings. The molecule has 1 nitrogen and oxygen atoms in total. The summed E-state index contributed by atoms with van der Waals surface area (Å²) in [5.41, 5.74) is 0.526. The maximum Gasteiger partial charge on any atom is 0.410 e. The molecule has 0 aliphatic heterocycles. The van der Waals surface area contributed by atoms with Crippen LogP contribution in [0.2, 0.25) is 5.02 Å². The number of alkyl halides is 3. The van der Waals surface area contributed by atoms with E-state index in [9.17, 15) is 13.2 Å². The summed E-state index contributed by atoms with van der Waals surface area (Å²) in [5.74, 6) is 0. The largest absolute Gasteiger partial charge is 0.410 e. The van der Waals surface area contributed by atoms with Crippen molar-refractivity contribution in [3.63, 3.8) is 0 Å². The van der Waals surface area contributed by atoms with Gasteiger partial charge in [0, 0.05) is 17.5 Å². The molecule has 1 rings (SSSR count). The second kappa shape index (κ2) is 5.74. The number of rotatable bonds is 3. The van der Waals surface area contributed by atoms with Crippen molar-refractivity contribution in [3.8, 4) is 6.07 Å². The Morgan fingerprint density at radius 3 is 2.35 bits per heavy atom. The van der Waals surface area contributed by atoms with Gasteiger partial charge in [0.15, 0.2) is 0 Å². The minimum Gasteiger partial charge on any atom is -0.198 e. The molecule has 0 N–H and O–H groups in total. The Balaban J connectivity index is 3.03. The van der Waals surface area contributed by atoms with Crippen LogP contribution >= 0.6 is 11.6 Å². The third-order valence-electron chi connectivity index (χ3n) is 2.06. The molecule has 90 valence electrons. The zero-order valence-corrected chi connectivity index (χ0v) is 9.52. The van der Waals surface area contributed by atoms with Crippen molar-refractivity contribution in [2.24, 2.45) is 0 Å². The van der Waals surface area contributed by atoms with Crippen molar-refractivity contribution < 1.29 is 13.2 Å². The highest BCUT2D eigenvalue weighted by atomic mass is 35.5. The Labute approximate surface area is 102 Å². The topological polar surface area (TPSA) is 23.8 Å². The predicted molar refractivity (Wildman–Crippen MR) is 60.3 cm³/mol. The minimum absolute atomic E-state index is 0.0462. The fourth-order valence-corrected chi connectivity index (χ4v) is 1.48. The average molecular weight is 260 g/mol. The van der Waals surface area contributed by atoms with Crippen LogP contribution < -0.4 is 0 Å². The van der Waals surface area contributed by atoms with Crippen LogP contribution in [0, 0.1) is 11.3 Å². The number of hydrogen-bond acceptors (Lipinski definition) is 1. The third-order valence-corrected chi connectivity index (χ3v) is 2.31. The van der Waals surface area contributed by atoms with Crippen molar-refractivity contribution in [2.45, 2.75) is 19.0 Å². The van der Waals surface area contributed by atoms with Crippen LogP contribution in [0.5, 0.6) is 0 Å². The lowest BCUT2D eigenvalue weighted by Crippen LogP contribution is -2.03. The van der Waals surface area contributed by atoms with Gasteiger partial charge in [-0.25, -0.2) is 0 Å². The molecule has 0 atom stereocenters. The maximum absolute atomic E-state index is 12.3. The van der Waals surface area contributed by atoms with Gasteiger partial charge in [-0.3, -0.25) is 0 Å². The summed E-state index contributed by atoms with van der Waals surface area (Å²) in [6.07, 6.45) is -4.04. The van der Waals surface area contributed by atoms with Crippen molar-refractivity contribution in [2.75, 3.05) is 0 Å². The van der Waals surface area contributed by atoms with E-state index in [0.29, 0.717) is 10.6 Å². The van der Waals surface area contributed by atoms with Crippen molar-refractivity contribution in [1.82, 2.24) is 0 Å². The highest BCUT2D eigenvalue weighted by Gasteiger charge is 2.24. The summed E-state index contributed by atoms with van der Waals surface area (Å²) in [7, 11) is 0. The highest BCUT2D eigenvalue weighted by Crippen LogP contribution is 2.27. The van der Waals surface area contributed by atoms with Gasteiger partial charge in [0.2, 0.25) is 0 Å². The van der Waals surface area contributed by atoms with Crippen LogP contribution in [0.15, 0.2) is 30.3 Å². The first-order chi connectivity index (χ1) is 7.92. The molecule has 0 saturated heterocycles. The van der Waals surface area contributed by atoms with E-state index < -0.39 is 6.18 Å². The summed E-state index contributed by atoms with van der Waals surface area (Å²) in [6, 6.07) is 7.90. The van der Waals surface area contributed by atoms with E-state index in [2.05, 4.69) is 0 Å².